The first-order valence-corrected chi connectivity index (χ1v) is 9.73. The fourth-order valence-electron chi connectivity index (χ4n) is 3.89. The highest BCUT2D eigenvalue weighted by Gasteiger charge is 2.39. The zero-order valence-electron chi connectivity index (χ0n) is 16.0. The van der Waals surface area contributed by atoms with Gasteiger partial charge in [0, 0.05) is 29.3 Å². The van der Waals surface area contributed by atoms with Gasteiger partial charge in [0.25, 0.3) is 0 Å². The normalized spacial score (nSPS) is 19.6. The Hall–Kier alpha value is -2.56. The Kier molecular flexibility index (Phi) is 5.99. The number of unbranched alkanes of at least 4 members (excludes halogenated alkanes) is 2. The molecule has 1 aliphatic carbocycles. The largest absolute Gasteiger partial charge is 0.508 e. The summed E-state index contributed by atoms with van der Waals surface area (Å²) >= 11 is 0. The number of Topliss-reactive ketones (excluding diaryl/α,β-unsaturated/α-hetero) is 1. The minimum atomic E-state index is -0.500. The van der Waals surface area contributed by atoms with Crippen LogP contribution in [0.25, 0.3) is 0 Å². The summed E-state index contributed by atoms with van der Waals surface area (Å²) in [5.74, 6) is -0.722. The third kappa shape index (κ3) is 4.07. The maximum Gasteiger partial charge on any atom is 0.336 e. The smallest absolute Gasteiger partial charge is 0.336 e. The SMILES string of the molecule is CCCCCOC(=O)C1=C(C)NC2=C(C(=O)CCC2)[C@@H]1c1cccc(O)c1. The van der Waals surface area contributed by atoms with Gasteiger partial charge in [0.2, 0.25) is 0 Å². The van der Waals surface area contributed by atoms with Crippen molar-refractivity contribution < 1.29 is 19.4 Å². The first-order chi connectivity index (χ1) is 13.0. The Bertz CT molecular complexity index is 806. The van der Waals surface area contributed by atoms with Crippen LogP contribution < -0.4 is 5.32 Å². The van der Waals surface area contributed by atoms with Gasteiger partial charge in [-0.15, -0.1) is 0 Å². The number of esters is 1. The number of allylic oxidation sites excluding steroid dienone is 3. The highest BCUT2D eigenvalue weighted by atomic mass is 16.5. The van der Waals surface area contributed by atoms with E-state index < -0.39 is 11.9 Å². The number of phenols is 1. The molecule has 0 fully saturated rings. The predicted molar refractivity (Wildman–Crippen MR) is 103 cm³/mol. The lowest BCUT2D eigenvalue weighted by Crippen LogP contribution is -2.34. The topological polar surface area (TPSA) is 75.6 Å². The number of nitrogens with one attached hydrogen (secondary N) is 1. The Labute approximate surface area is 160 Å². The number of hydrogen-bond donors (Lipinski definition) is 2. The standard InChI is InChI=1S/C22H27NO4/c1-3-4-5-12-27-22(26)19-14(2)23-17-10-7-11-18(25)21(17)20(19)15-8-6-9-16(24)13-15/h6,8-9,13,20,23-24H,3-5,7,10-12H2,1-2H3/t20-/m1/s1. The van der Waals surface area contributed by atoms with Gasteiger partial charge < -0.3 is 15.2 Å². The van der Waals surface area contributed by atoms with Crippen LogP contribution in [0.1, 0.15) is 63.9 Å². The zero-order chi connectivity index (χ0) is 19.4. The number of benzene rings is 1. The van der Waals surface area contributed by atoms with Crippen molar-refractivity contribution in [3.63, 3.8) is 0 Å². The molecule has 0 saturated heterocycles. The Balaban J connectivity index is 1.99. The molecule has 1 heterocycles. The van der Waals surface area contributed by atoms with Crippen molar-refractivity contribution in [3.05, 3.63) is 52.4 Å². The lowest BCUT2D eigenvalue weighted by atomic mass is 9.75. The van der Waals surface area contributed by atoms with Gasteiger partial charge in [-0.05, 0) is 43.9 Å². The average molecular weight is 369 g/mol. The number of aromatic hydroxyl groups is 1. The van der Waals surface area contributed by atoms with Crippen LogP contribution in [-0.2, 0) is 14.3 Å². The van der Waals surface area contributed by atoms with E-state index in [9.17, 15) is 14.7 Å². The summed E-state index contributed by atoms with van der Waals surface area (Å²) in [6.07, 6.45) is 4.96. The molecule has 144 valence electrons. The molecule has 1 atom stereocenters. The lowest BCUT2D eigenvalue weighted by molar-refractivity contribution is -0.139. The molecule has 0 spiro atoms. The second-order valence-corrected chi connectivity index (χ2v) is 7.20. The van der Waals surface area contributed by atoms with Crippen molar-refractivity contribution >= 4 is 11.8 Å². The monoisotopic (exact) mass is 369 g/mol. The van der Waals surface area contributed by atoms with Crippen LogP contribution >= 0.6 is 0 Å². The van der Waals surface area contributed by atoms with E-state index in [0.717, 1.165) is 49.1 Å². The molecule has 0 amide bonds. The van der Waals surface area contributed by atoms with Crippen LogP contribution in [0.2, 0.25) is 0 Å². The minimum absolute atomic E-state index is 0.0564. The van der Waals surface area contributed by atoms with Crippen molar-refractivity contribution in [2.75, 3.05) is 6.61 Å². The van der Waals surface area contributed by atoms with E-state index in [2.05, 4.69) is 12.2 Å². The fourth-order valence-corrected chi connectivity index (χ4v) is 3.89. The molecule has 5 heteroatoms. The van der Waals surface area contributed by atoms with E-state index in [1.54, 1.807) is 18.2 Å². The lowest BCUT2D eigenvalue weighted by Gasteiger charge is -2.34. The second kappa shape index (κ2) is 8.42. The number of hydrogen-bond acceptors (Lipinski definition) is 5. The third-order valence-electron chi connectivity index (χ3n) is 5.18. The van der Waals surface area contributed by atoms with Crippen LogP contribution in [0.15, 0.2) is 46.8 Å². The molecule has 0 saturated carbocycles. The molecule has 2 aliphatic rings. The second-order valence-electron chi connectivity index (χ2n) is 7.20. The summed E-state index contributed by atoms with van der Waals surface area (Å²) in [5, 5.41) is 13.2. The molecular formula is C22H27NO4. The summed E-state index contributed by atoms with van der Waals surface area (Å²) in [6, 6.07) is 6.79. The van der Waals surface area contributed by atoms with Gasteiger partial charge >= 0.3 is 5.97 Å². The highest BCUT2D eigenvalue weighted by Crippen LogP contribution is 2.43. The molecule has 2 N–H and O–H groups in total. The summed E-state index contributed by atoms with van der Waals surface area (Å²) in [7, 11) is 0. The maximum atomic E-state index is 12.9. The number of ketones is 1. The van der Waals surface area contributed by atoms with Crippen molar-refractivity contribution in [3.8, 4) is 5.75 Å². The molecule has 1 aromatic carbocycles. The third-order valence-corrected chi connectivity index (χ3v) is 5.18. The quantitative estimate of drug-likeness (QED) is 0.583. The molecule has 0 unspecified atom stereocenters. The van der Waals surface area contributed by atoms with Gasteiger partial charge in [-0.25, -0.2) is 4.79 Å². The molecule has 3 rings (SSSR count). The van der Waals surface area contributed by atoms with Gasteiger partial charge in [-0.3, -0.25) is 4.79 Å². The summed E-state index contributed by atoms with van der Waals surface area (Å²) in [5.41, 5.74) is 3.44. The van der Waals surface area contributed by atoms with Crippen LogP contribution in [0.5, 0.6) is 5.75 Å². The van der Waals surface area contributed by atoms with Crippen LogP contribution in [0.3, 0.4) is 0 Å². The van der Waals surface area contributed by atoms with Crippen molar-refractivity contribution in [2.45, 2.75) is 58.3 Å². The molecule has 27 heavy (non-hydrogen) atoms. The van der Waals surface area contributed by atoms with Crippen molar-refractivity contribution in [1.82, 2.24) is 5.32 Å². The number of carbonyl (C=O) groups excluding carboxylic acids is 2. The first-order valence-electron chi connectivity index (χ1n) is 9.73. The minimum Gasteiger partial charge on any atom is -0.508 e. The van der Waals surface area contributed by atoms with Crippen molar-refractivity contribution in [2.24, 2.45) is 0 Å². The van der Waals surface area contributed by atoms with Crippen LogP contribution in [0.4, 0.5) is 0 Å². The Morgan fingerprint density at radius 3 is 2.85 bits per heavy atom. The fraction of sp³-hybridized carbons (Fsp3) is 0.455. The maximum absolute atomic E-state index is 12.9. The number of carbonyl (C=O) groups is 2. The number of ether oxygens (including phenoxy) is 1. The first kappa shape index (κ1) is 19.2. The summed E-state index contributed by atoms with van der Waals surface area (Å²) < 4.78 is 5.52. The summed E-state index contributed by atoms with van der Waals surface area (Å²) in [4.78, 5) is 25.6. The molecule has 0 radical (unpaired) electrons. The van der Waals surface area contributed by atoms with E-state index in [1.165, 1.54) is 0 Å². The average Bonchev–Trinajstić information content (AvgIpc) is 2.64. The van der Waals surface area contributed by atoms with Crippen LogP contribution in [0, 0.1) is 0 Å². The number of rotatable bonds is 6. The highest BCUT2D eigenvalue weighted by molar-refractivity contribution is 6.03. The molecule has 5 nitrogen and oxygen atoms in total. The van der Waals surface area contributed by atoms with E-state index in [-0.39, 0.29) is 11.5 Å². The Morgan fingerprint density at radius 1 is 1.30 bits per heavy atom. The molecular weight excluding hydrogens is 342 g/mol. The summed E-state index contributed by atoms with van der Waals surface area (Å²) in [6.45, 7) is 4.32. The Morgan fingerprint density at radius 2 is 2.11 bits per heavy atom. The van der Waals surface area contributed by atoms with E-state index >= 15 is 0 Å². The number of phenolic OH excluding ortho intramolecular Hbond substituents is 1. The molecule has 0 bridgehead atoms. The molecule has 0 aromatic heterocycles. The van der Waals surface area contributed by atoms with Gasteiger partial charge in [0.15, 0.2) is 5.78 Å². The van der Waals surface area contributed by atoms with Gasteiger partial charge in [0.05, 0.1) is 12.2 Å². The van der Waals surface area contributed by atoms with Crippen molar-refractivity contribution in [1.29, 1.82) is 0 Å². The number of dihydropyridines is 1. The van der Waals surface area contributed by atoms with E-state index in [4.69, 9.17) is 4.74 Å². The van der Waals surface area contributed by atoms with E-state index in [1.807, 2.05) is 13.0 Å². The predicted octanol–water partition coefficient (Wildman–Crippen LogP) is 4.09. The zero-order valence-corrected chi connectivity index (χ0v) is 16.0. The van der Waals surface area contributed by atoms with Crippen LogP contribution in [-0.4, -0.2) is 23.5 Å². The van der Waals surface area contributed by atoms with E-state index in [0.29, 0.717) is 24.2 Å². The molecule has 1 aromatic rings. The van der Waals surface area contributed by atoms with Gasteiger partial charge in [-0.2, -0.15) is 0 Å². The van der Waals surface area contributed by atoms with Gasteiger partial charge in [0.1, 0.15) is 5.75 Å². The molecule has 1 aliphatic heterocycles. The van der Waals surface area contributed by atoms with Gasteiger partial charge in [-0.1, -0.05) is 31.9 Å².